The van der Waals surface area contributed by atoms with E-state index in [9.17, 15) is 9.59 Å². The molecular weight excluding hydrogens is 164 g/mol. The summed E-state index contributed by atoms with van der Waals surface area (Å²) in [7, 11) is 0. The van der Waals surface area contributed by atoms with Crippen molar-refractivity contribution in [2.24, 2.45) is 23.2 Å². The Kier molecular flexibility index (Phi) is 1.21. The minimum Gasteiger partial charge on any atom is -0.299 e. The molecule has 3 aliphatic carbocycles. The Morgan fingerprint density at radius 2 is 2.15 bits per heavy atom. The fourth-order valence-electron chi connectivity index (χ4n) is 3.93. The monoisotopic (exact) mass is 178 g/mol. The standard InChI is InChI=1S/C11H14O2/c1-11-5-7-6(4-10(11)13)8(11)2-3-9(7)12/h6-8H,2-5H2,1H3. The van der Waals surface area contributed by atoms with Crippen LogP contribution >= 0.6 is 0 Å². The van der Waals surface area contributed by atoms with Gasteiger partial charge in [-0.05, 0) is 24.7 Å². The Bertz CT molecular complexity index is 307. The molecule has 0 spiro atoms. The highest BCUT2D eigenvalue weighted by atomic mass is 16.1. The summed E-state index contributed by atoms with van der Waals surface area (Å²) >= 11 is 0. The molecule has 0 aromatic carbocycles. The smallest absolute Gasteiger partial charge is 0.139 e. The molecule has 13 heavy (non-hydrogen) atoms. The Morgan fingerprint density at radius 1 is 1.38 bits per heavy atom. The van der Waals surface area contributed by atoms with Gasteiger partial charge in [0.15, 0.2) is 0 Å². The van der Waals surface area contributed by atoms with Crippen LogP contribution in [0.4, 0.5) is 0 Å². The Hall–Kier alpha value is -0.660. The van der Waals surface area contributed by atoms with Crippen molar-refractivity contribution in [1.29, 1.82) is 0 Å². The van der Waals surface area contributed by atoms with Crippen molar-refractivity contribution < 1.29 is 9.59 Å². The van der Waals surface area contributed by atoms with Crippen LogP contribution in [0.3, 0.4) is 0 Å². The molecule has 0 aromatic heterocycles. The van der Waals surface area contributed by atoms with Gasteiger partial charge >= 0.3 is 0 Å². The quantitative estimate of drug-likeness (QED) is 0.564. The topological polar surface area (TPSA) is 34.1 Å². The molecule has 2 nitrogen and oxygen atoms in total. The summed E-state index contributed by atoms with van der Waals surface area (Å²) < 4.78 is 0. The Labute approximate surface area is 77.7 Å². The largest absolute Gasteiger partial charge is 0.299 e. The zero-order valence-corrected chi connectivity index (χ0v) is 7.88. The number of hydrogen-bond acceptors (Lipinski definition) is 2. The molecule has 0 heterocycles. The van der Waals surface area contributed by atoms with Crippen LogP contribution in [0.25, 0.3) is 0 Å². The fraction of sp³-hybridized carbons (Fsp3) is 0.818. The van der Waals surface area contributed by atoms with E-state index in [2.05, 4.69) is 6.92 Å². The molecule has 3 rings (SSSR count). The second kappa shape index (κ2) is 2.05. The predicted molar refractivity (Wildman–Crippen MR) is 47.1 cm³/mol. The number of carbonyl (C=O) groups is 2. The van der Waals surface area contributed by atoms with Gasteiger partial charge in [-0.3, -0.25) is 9.59 Å². The lowest BCUT2D eigenvalue weighted by atomic mass is 9.78. The van der Waals surface area contributed by atoms with Crippen molar-refractivity contribution >= 4 is 11.6 Å². The summed E-state index contributed by atoms with van der Waals surface area (Å²) in [4.78, 5) is 23.3. The van der Waals surface area contributed by atoms with E-state index in [-0.39, 0.29) is 11.3 Å². The van der Waals surface area contributed by atoms with Crippen LogP contribution in [0.1, 0.15) is 32.6 Å². The van der Waals surface area contributed by atoms with Crippen molar-refractivity contribution in [1.82, 2.24) is 0 Å². The first-order valence-electron chi connectivity index (χ1n) is 5.19. The van der Waals surface area contributed by atoms with Gasteiger partial charge in [-0.25, -0.2) is 0 Å². The van der Waals surface area contributed by atoms with Crippen molar-refractivity contribution in [2.75, 3.05) is 0 Å². The van der Waals surface area contributed by atoms with Gasteiger partial charge in [0.05, 0.1) is 0 Å². The third kappa shape index (κ3) is 0.710. The van der Waals surface area contributed by atoms with Crippen LogP contribution in [-0.4, -0.2) is 11.6 Å². The second-order valence-corrected chi connectivity index (χ2v) is 5.13. The number of rotatable bonds is 0. The SMILES string of the molecule is CC12CC3C(=O)CCC1C3CC2=O. The van der Waals surface area contributed by atoms with Gasteiger partial charge in [0.2, 0.25) is 0 Å². The molecule has 4 atom stereocenters. The van der Waals surface area contributed by atoms with Crippen molar-refractivity contribution in [3.8, 4) is 0 Å². The van der Waals surface area contributed by atoms with Gasteiger partial charge in [0.1, 0.15) is 11.6 Å². The van der Waals surface area contributed by atoms with Gasteiger partial charge in [-0.1, -0.05) is 6.92 Å². The highest BCUT2D eigenvalue weighted by Crippen LogP contribution is 2.62. The summed E-state index contributed by atoms with van der Waals surface area (Å²) in [6, 6.07) is 0. The molecule has 0 amide bonds. The molecule has 3 saturated carbocycles. The van der Waals surface area contributed by atoms with Gasteiger partial charge in [0.25, 0.3) is 0 Å². The third-order valence-corrected chi connectivity index (χ3v) is 4.67. The second-order valence-electron chi connectivity index (χ2n) is 5.13. The van der Waals surface area contributed by atoms with Crippen LogP contribution in [0.2, 0.25) is 0 Å². The maximum absolute atomic E-state index is 11.7. The van der Waals surface area contributed by atoms with Crippen LogP contribution in [0.5, 0.6) is 0 Å². The van der Waals surface area contributed by atoms with Gasteiger partial charge < -0.3 is 0 Å². The molecule has 4 unspecified atom stereocenters. The van der Waals surface area contributed by atoms with Crippen molar-refractivity contribution in [2.45, 2.75) is 32.6 Å². The molecule has 0 saturated heterocycles. The van der Waals surface area contributed by atoms with Gasteiger partial charge in [-0.2, -0.15) is 0 Å². The van der Waals surface area contributed by atoms with Crippen molar-refractivity contribution in [3.63, 3.8) is 0 Å². The normalized spacial score (nSPS) is 53.2. The van der Waals surface area contributed by atoms with Crippen LogP contribution in [0, 0.1) is 23.2 Å². The molecule has 2 heteroatoms. The molecule has 3 aliphatic rings. The molecule has 0 aliphatic heterocycles. The fourth-order valence-corrected chi connectivity index (χ4v) is 3.93. The summed E-state index contributed by atoms with van der Waals surface area (Å²) in [6.45, 7) is 2.08. The summed E-state index contributed by atoms with van der Waals surface area (Å²) in [5.74, 6) is 2.08. The number of ketones is 2. The zero-order chi connectivity index (χ0) is 9.22. The van der Waals surface area contributed by atoms with Gasteiger partial charge in [-0.15, -0.1) is 0 Å². The summed E-state index contributed by atoms with van der Waals surface area (Å²) in [5.41, 5.74) is -0.110. The average Bonchev–Trinajstić information content (AvgIpc) is 2.43. The van der Waals surface area contributed by atoms with E-state index >= 15 is 0 Å². The predicted octanol–water partition coefficient (Wildman–Crippen LogP) is 1.58. The highest BCUT2D eigenvalue weighted by Gasteiger charge is 2.63. The van der Waals surface area contributed by atoms with E-state index < -0.39 is 0 Å². The molecule has 70 valence electrons. The third-order valence-electron chi connectivity index (χ3n) is 4.67. The number of Topliss-reactive ketones (excluding diaryl/α,β-unsaturated/α-hetero) is 2. The Morgan fingerprint density at radius 3 is 2.92 bits per heavy atom. The van der Waals surface area contributed by atoms with Crippen LogP contribution < -0.4 is 0 Å². The Balaban J connectivity index is 2.07. The first kappa shape index (κ1) is 7.72. The van der Waals surface area contributed by atoms with Crippen molar-refractivity contribution in [3.05, 3.63) is 0 Å². The average molecular weight is 178 g/mol. The first-order valence-corrected chi connectivity index (χ1v) is 5.19. The van der Waals surface area contributed by atoms with E-state index in [1.54, 1.807) is 0 Å². The minimum atomic E-state index is -0.110. The molecular formula is C11H14O2. The summed E-state index contributed by atoms with van der Waals surface area (Å²) in [5, 5.41) is 0. The highest BCUT2D eigenvalue weighted by molar-refractivity contribution is 5.94. The number of carbonyl (C=O) groups excluding carboxylic acids is 2. The lowest BCUT2D eigenvalue weighted by molar-refractivity contribution is -0.129. The van der Waals surface area contributed by atoms with Crippen LogP contribution in [0.15, 0.2) is 0 Å². The molecule has 4 bridgehead atoms. The maximum atomic E-state index is 11.7. The first-order chi connectivity index (χ1) is 6.13. The van der Waals surface area contributed by atoms with Crippen LogP contribution in [-0.2, 0) is 9.59 Å². The molecule has 0 radical (unpaired) electrons. The van der Waals surface area contributed by atoms with E-state index in [0.717, 1.165) is 19.3 Å². The molecule has 0 N–H and O–H groups in total. The van der Waals surface area contributed by atoms with E-state index in [1.165, 1.54) is 0 Å². The van der Waals surface area contributed by atoms with Gasteiger partial charge in [0, 0.05) is 24.2 Å². The van der Waals surface area contributed by atoms with E-state index in [0.29, 0.717) is 29.8 Å². The number of hydrogen-bond donors (Lipinski definition) is 0. The minimum absolute atomic E-state index is 0.110. The lowest BCUT2D eigenvalue weighted by Crippen LogP contribution is -2.28. The maximum Gasteiger partial charge on any atom is 0.139 e. The van der Waals surface area contributed by atoms with E-state index in [1.807, 2.05) is 0 Å². The molecule has 0 aromatic rings. The zero-order valence-electron chi connectivity index (χ0n) is 7.88. The summed E-state index contributed by atoms with van der Waals surface area (Å²) in [6.07, 6.45) is 3.26. The van der Waals surface area contributed by atoms with E-state index in [4.69, 9.17) is 0 Å². The molecule has 3 fully saturated rings. The lowest BCUT2D eigenvalue weighted by Gasteiger charge is -2.25.